The van der Waals surface area contributed by atoms with Crippen molar-refractivity contribution in [3.05, 3.63) is 25.3 Å². The van der Waals surface area contributed by atoms with Crippen molar-refractivity contribution in [3.8, 4) is 0 Å². The van der Waals surface area contributed by atoms with Crippen LogP contribution in [0, 0.1) is 21.7 Å². The van der Waals surface area contributed by atoms with E-state index in [1.165, 1.54) is 6.42 Å². The topological polar surface area (TPSA) is 52.6 Å². The van der Waals surface area contributed by atoms with Crippen molar-refractivity contribution in [2.24, 2.45) is 21.7 Å². The van der Waals surface area contributed by atoms with Crippen LogP contribution in [-0.4, -0.2) is 25.2 Å². The van der Waals surface area contributed by atoms with Crippen LogP contribution < -0.4 is 0 Å². The molecule has 28 heavy (non-hydrogen) atoms. The fourth-order valence-electron chi connectivity index (χ4n) is 3.90. The summed E-state index contributed by atoms with van der Waals surface area (Å²) in [5.41, 5.74) is -1.99. The molecule has 0 radical (unpaired) electrons. The van der Waals surface area contributed by atoms with E-state index >= 15 is 0 Å². The Bertz CT molecular complexity index is 538. The predicted molar refractivity (Wildman–Crippen MR) is 114 cm³/mol. The average molecular weight is 393 g/mol. The zero-order chi connectivity index (χ0) is 21.6. The van der Waals surface area contributed by atoms with Crippen LogP contribution in [0.4, 0.5) is 0 Å². The maximum Gasteiger partial charge on any atom is 0.311 e. The number of hydrogen-bond acceptors (Lipinski definition) is 4. The lowest BCUT2D eigenvalue weighted by Crippen LogP contribution is -2.50. The average Bonchev–Trinajstić information content (AvgIpc) is 2.62. The van der Waals surface area contributed by atoms with Crippen LogP contribution in [0.1, 0.15) is 80.1 Å². The van der Waals surface area contributed by atoms with E-state index in [1.54, 1.807) is 0 Å². The number of carbonyl (C=O) groups is 2. The van der Waals surface area contributed by atoms with Gasteiger partial charge in [-0.25, -0.2) is 0 Å². The quantitative estimate of drug-likeness (QED) is 0.383. The maximum atomic E-state index is 12.5. The highest BCUT2D eigenvalue weighted by atomic mass is 16.5. The molecule has 0 bridgehead atoms. The minimum absolute atomic E-state index is 0.193. The first-order chi connectivity index (χ1) is 12.8. The van der Waals surface area contributed by atoms with Gasteiger partial charge < -0.3 is 9.47 Å². The van der Waals surface area contributed by atoms with E-state index in [1.807, 2.05) is 53.7 Å². The van der Waals surface area contributed by atoms with Gasteiger partial charge in [-0.15, -0.1) is 13.2 Å². The summed E-state index contributed by atoms with van der Waals surface area (Å²) in [6.07, 6.45) is 9.70. The lowest BCUT2D eigenvalue weighted by atomic mass is 9.56. The predicted octanol–water partition coefficient (Wildman–Crippen LogP) is 5.86. The molecule has 0 heterocycles. The molecule has 0 saturated heterocycles. The third kappa shape index (κ3) is 5.71. The molecular formula is C24H40O4. The molecule has 4 heteroatoms. The fraction of sp³-hybridized carbons (Fsp3) is 0.750. The zero-order valence-corrected chi connectivity index (χ0v) is 18.9. The van der Waals surface area contributed by atoms with E-state index in [-0.39, 0.29) is 30.6 Å². The molecule has 1 saturated carbocycles. The van der Waals surface area contributed by atoms with Gasteiger partial charge in [-0.2, -0.15) is 0 Å². The van der Waals surface area contributed by atoms with Gasteiger partial charge in [0.15, 0.2) is 0 Å². The van der Waals surface area contributed by atoms with Crippen molar-refractivity contribution in [2.45, 2.75) is 80.1 Å². The monoisotopic (exact) mass is 392 g/mol. The number of allylic oxidation sites excluding steroid dienone is 2. The van der Waals surface area contributed by atoms with Crippen LogP contribution in [0.5, 0.6) is 0 Å². The van der Waals surface area contributed by atoms with Crippen LogP contribution in [-0.2, 0) is 19.1 Å². The largest absolute Gasteiger partial charge is 0.465 e. The number of rotatable bonds is 8. The molecule has 0 aliphatic heterocycles. The Hall–Kier alpha value is -1.58. The Kier molecular flexibility index (Phi) is 8.10. The first kappa shape index (κ1) is 24.5. The van der Waals surface area contributed by atoms with Gasteiger partial charge in [-0.1, -0.05) is 31.4 Å². The van der Waals surface area contributed by atoms with Gasteiger partial charge in [0.1, 0.15) is 13.2 Å². The highest BCUT2D eigenvalue weighted by molar-refractivity contribution is 5.76. The van der Waals surface area contributed by atoms with Gasteiger partial charge in [0.25, 0.3) is 0 Å². The Labute approximate surface area is 171 Å². The molecule has 160 valence electrons. The lowest BCUT2D eigenvalue weighted by Gasteiger charge is -2.50. The third-order valence-electron chi connectivity index (χ3n) is 5.91. The molecule has 1 aliphatic carbocycles. The van der Waals surface area contributed by atoms with E-state index in [4.69, 9.17) is 9.47 Å². The smallest absolute Gasteiger partial charge is 0.311 e. The normalized spacial score (nSPS) is 17.5. The van der Waals surface area contributed by atoms with Crippen molar-refractivity contribution in [1.29, 1.82) is 0 Å². The Morgan fingerprint density at radius 2 is 1.29 bits per heavy atom. The van der Waals surface area contributed by atoms with Crippen molar-refractivity contribution in [1.82, 2.24) is 0 Å². The molecule has 0 atom stereocenters. The fourth-order valence-corrected chi connectivity index (χ4v) is 3.90. The molecule has 4 nitrogen and oxygen atoms in total. The first-order valence-corrected chi connectivity index (χ1v) is 10.4. The van der Waals surface area contributed by atoms with Gasteiger partial charge in [0.2, 0.25) is 0 Å². The Morgan fingerprint density at radius 3 is 1.61 bits per heavy atom. The van der Waals surface area contributed by atoms with Crippen molar-refractivity contribution >= 4 is 11.9 Å². The minimum Gasteiger partial charge on any atom is -0.465 e. The summed E-state index contributed by atoms with van der Waals surface area (Å²) < 4.78 is 11.6. The summed E-state index contributed by atoms with van der Waals surface area (Å²) in [6, 6.07) is 0. The molecule has 0 spiro atoms. The standard InChI is InChI=1S/C24H40O4/c1-9-14-24(17-27-19(25)21(3,4)5,18-28-20(26)22(6,7)8)23(10-2)15-12-11-13-16-23/h9-10H,1-2,11-18H2,3-8H3. The second kappa shape index (κ2) is 9.28. The summed E-state index contributed by atoms with van der Waals surface area (Å²) in [6.45, 7) is 19.5. The molecule has 0 N–H and O–H groups in total. The summed E-state index contributed by atoms with van der Waals surface area (Å²) in [5.74, 6) is -0.504. The van der Waals surface area contributed by atoms with Gasteiger partial charge in [0.05, 0.1) is 16.2 Å². The van der Waals surface area contributed by atoms with E-state index < -0.39 is 16.2 Å². The van der Waals surface area contributed by atoms with Gasteiger partial charge in [-0.05, 0) is 60.8 Å². The molecule has 0 unspecified atom stereocenters. The molecule has 1 aliphatic rings. The van der Waals surface area contributed by atoms with Crippen molar-refractivity contribution in [3.63, 3.8) is 0 Å². The number of esters is 2. The molecule has 0 aromatic rings. The molecule has 0 aromatic heterocycles. The van der Waals surface area contributed by atoms with Gasteiger partial charge in [-0.3, -0.25) is 9.59 Å². The summed E-state index contributed by atoms with van der Waals surface area (Å²) >= 11 is 0. The number of ether oxygens (including phenoxy) is 2. The first-order valence-electron chi connectivity index (χ1n) is 10.4. The Balaban J connectivity index is 3.26. The van der Waals surface area contributed by atoms with E-state index in [0.29, 0.717) is 6.42 Å². The van der Waals surface area contributed by atoms with Crippen molar-refractivity contribution < 1.29 is 19.1 Å². The van der Waals surface area contributed by atoms with Crippen molar-refractivity contribution in [2.75, 3.05) is 13.2 Å². The van der Waals surface area contributed by atoms with Gasteiger partial charge >= 0.3 is 11.9 Å². The molecule has 0 aromatic carbocycles. The number of carbonyl (C=O) groups excluding carboxylic acids is 2. The lowest BCUT2D eigenvalue weighted by molar-refractivity contribution is -0.172. The SMILES string of the molecule is C=CCC(COC(=O)C(C)(C)C)(COC(=O)C(C)(C)C)C1(C=C)CCCCC1. The summed E-state index contributed by atoms with van der Waals surface area (Å²) in [7, 11) is 0. The van der Waals surface area contributed by atoms with Crippen LogP contribution in [0.25, 0.3) is 0 Å². The minimum atomic E-state index is -0.587. The second-order valence-corrected chi connectivity index (χ2v) is 10.3. The van der Waals surface area contributed by atoms with Crippen LogP contribution in [0.3, 0.4) is 0 Å². The maximum absolute atomic E-state index is 12.5. The van der Waals surface area contributed by atoms with E-state index in [9.17, 15) is 9.59 Å². The molecule has 0 amide bonds. The Morgan fingerprint density at radius 1 is 0.857 bits per heavy atom. The van der Waals surface area contributed by atoms with Crippen LogP contribution >= 0.6 is 0 Å². The molecule has 1 rings (SSSR count). The third-order valence-corrected chi connectivity index (χ3v) is 5.91. The van der Waals surface area contributed by atoms with E-state index in [0.717, 1.165) is 25.7 Å². The molecular weight excluding hydrogens is 352 g/mol. The van der Waals surface area contributed by atoms with Crippen LogP contribution in [0.2, 0.25) is 0 Å². The zero-order valence-electron chi connectivity index (χ0n) is 18.9. The highest BCUT2D eigenvalue weighted by Crippen LogP contribution is 2.53. The second-order valence-electron chi connectivity index (χ2n) is 10.3. The highest BCUT2D eigenvalue weighted by Gasteiger charge is 2.51. The summed E-state index contributed by atoms with van der Waals surface area (Å²) in [5, 5.41) is 0. The summed E-state index contributed by atoms with van der Waals surface area (Å²) in [4.78, 5) is 25.0. The van der Waals surface area contributed by atoms with E-state index in [2.05, 4.69) is 13.2 Å². The van der Waals surface area contributed by atoms with Crippen LogP contribution in [0.15, 0.2) is 25.3 Å². The number of hydrogen-bond donors (Lipinski definition) is 0. The molecule has 1 fully saturated rings. The van der Waals surface area contributed by atoms with Gasteiger partial charge in [0, 0.05) is 5.41 Å².